The third-order valence-electron chi connectivity index (χ3n) is 2.71. The molecule has 1 aromatic rings. The molecular weight excluding hydrogens is 160 g/mol. The average molecular weight is 176 g/mol. The molecule has 0 unspecified atom stereocenters. The van der Waals surface area contributed by atoms with Crippen LogP contribution in [0.4, 0.5) is 0 Å². The van der Waals surface area contributed by atoms with Crippen LogP contribution in [0.25, 0.3) is 0 Å². The highest BCUT2D eigenvalue weighted by molar-refractivity contribution is 5.37. The Hall–Kier alpha value is -0.820. The van der Waals surface area contributed by atoms with Crippen molar-refractivity contribution in [3.8, 4) is 0 Å². The lowest BCUT2D eigenvalue weighted by Crippen LogP contribution is -2.30. The molecule has 70 valence electrons. The van der Waals surface area contributed by atoms with Crippen LogP contribution in [0.15, 0.2) is 18.2 Å². The van der Waals surface area contributed by atoms with Gasteiger partial charge in [-0.2, -0.15) is 0 Å². The van der Waals surface area contributed by atoms with Crippen LogP contribution in [-0.4, -0.2) is 6.61 Å². The summed E-state index contributed by atoms with van der Waals surface area (Å²) in [5.41, 5.74) is 4.31. The fourth-order valence-electron chi connectivity index (χ4n) is 2.00. The van der Waals surface area contributed by atoms with Crippen LogP contribution in [0, 0.1) is 6.92 Å². The van der Waals surface area contributed by atoms with Gasteiger partial charge in [-0.3, -0.25) is 0 Å². The fraction of sp³-hybridized carbons (Fsp3) is 0.500. The van der Waals surface area contributed by atoms with Gasteiger partial charge in [-0.25, -0.2) is 0 Å². The summed E-state index contributed by atoms with van der Waals surface area (Å²) in [4.78, 5) is 0. The van der Waals surface area contributed by atoms with Gasteiger partial charge in [0.1, 0.15) is 0 Å². The summed E-state index contributed by atoms with van der Waals surface area (Å²) >= 11 is 0. The second-order valence-corrected chi connectivity index (χ2v) is 4.54. The molecule has 1 nitrogen and oxygen atoms in total. The first-order valence-electron chi connectivity index (χ1n) is 4.77. The maximum absolute atomic E-state index is 5.57. The van der Waals surface area contributed by atoms with Crippen molar-refractivity contribution in [1.29, 1.82) is 0 Å². The summed E-state index contributed by atoms with van der Waals surface area (Å²) in [7, 11) is 0. The predicted octanol–water partition coefficient (Wildman–Crippen LogP) is 2.80. The number of hydrogen-bond donors (Lipinski definition) is 0. The number of hydrogen-bond acceptors (Lipinski definition) is 1. The van der Waals surface area contributed by atoms with Crippen molar-refractivity contribution in [3.63, 3.8) is 0 Å². The second kappa shape index (κ2) is 2.85. The third-order valence-corrected chi connectivity index (χ3v) is 2.71. The lowest BCUT2D eigenvalue weighted by atomic mass is 9.80. The smallest absolute Gasteiger partial charge is 0.0720 e. The average Bonchev–Trinajstić information content (AvgIpc) is 2.02. The number of aryl methyl sites for hydroxylation is 1. The van der Waals surface area contributed by atoms with Crippen molar-refractivity contribution in [2.75, 3.05) is 6.61 Å². The predicted molar refractivity (Wildman–Crippen MR) is 53.9 cm³/mol. The Morgan fingerprint density at radius 3 is 2.85 bits per heavy atom. The molecule has 0 bridgehead atoms. The SMILES string of the molecule is Cc1ccc2c(c1)COCC2(C)C. The Morgan fingerprint density at radius 2 is 2.08 bits per heavy atom. The molecule has 0 aliphatic carbocycles. The normalized spacial score (nSPS) is 19.6. The molecule has 1 aromatic carbocycles. The van der Waals surface area contributed by atoms with Gasteiger partial charge in [0.2, 0.25) is 0 Å². The molecule has 0 aromatic heterocycles. The molecule has 1 aliphatic rings. The molecule has 0 spiro atoms. The summed E-state index contributed by atoms with van der Waals surface area (Å²) in [6, 6.07) is 6.66. The number of fused-ring (bicyclic) bond motifs is 1. The van der Waals surface area contributed by atoms with E-state index in [1.807, 2.05) is 0 Å². The lowest BCUT2D eigenvalue weighted by Gasteiger charge is -2.32. The van der Waals surface area contributed by atoms with Crippen molar-refractivity contribution in [1.82, 2.24) is 0 Å². The van der Waals surface area contributed by atoms with Crippen LogP contribution in [0.5, 0.6) is 0 Å². The molecule has 0 fully saturated rings. The summed E-state index contributed by atoms with van der Waals surface area (Å²) in [5, 5.41) is 0. The maximum Gasteiger partial charge on any atom is 0.0720 e. The molecule has 0 saturated heterocycles. The van der Waals surface area contributed by atoms with E-state index in [2.05, 4.69) is 39.0 Å². The van der Waals surface area contributed by atoms with Crippen LogP contribution < -0.4 is 0 Å². The van der Waals surface area contributed by atoms with E-state index >= 15 is 0 Å². The molecule has 0 N–H and O–H groups in total. The summed E-state index contributed by atoms with van der Waals surface area (Å²) < 4.78 is 5.57. The minimum Gasteiger partial charge on any atom is -0.376 e. The van der Waals surface area contributed by atoms with Crippen LogP contribution in [0.3, 0.4) is 0 Å². The minimum absolute atomic E-state index is 0.182. The van der Waals surface area contributed by atoms with Crippen molar-refractivity contribution in [2.45, 2.75) is 32.8 Å². The van der Waals surface area contributed by atoms with Gasteiger partial charge in [-0.1, -0.05) is 37.6 Å². The first kappa shape index (κ1) is 8.76. The Balaban J connectivity index is 2.53. The van der Waals surface area contributed by atoms with E-state index in [9.17, 15) is 0 Å². The highest BCUT2D eigenvalue weighted by Crippen LogP contribution is 2.31. The zero-order valence-electron chi connectivity index (χ0n) is 8.55. The Labute approximate surface area is 79.7 Å². The van der Waals surface area contributed by atoms with Crippen molar-refractivity contribution < 1.29 is 4.74 Å². The second-order valence-electron chi connectivity index (χ2n) is 4.54. The summed E-state index contributed by atoms with van der Waals surface area (Å²) in [6.07, 6.45) is 0. The minimum atomic E-state index is 0.182. The van der Waals surface area contributed by atoms with Gasteiger partial charge in [0, 0.05) is 5.41 Å². The van der Waals surface area contributed by atoms with Gasteiger partial charge >= 0.3 is 0 Å². The van der Waals surface area contributed by atoms with Crippen molar-refractivity contribution in [3.05, 3.63) is 34.9 Å². The first-order chi connectivity index (χ1) is 6.09. The lowest BCUT2D eigenvalue weighted by molar-refractivity contribution is 0.0641. The molecule has 0 radical (unpaired) electrons. The van der Waals surface area contributed by atoms with Crippen molar-refractivity contribution in [2.24, 2.45) is 0 Å². The molecule has 2 rings (SSSR count). The van der Waals surface area contributed by atoms with Gasteiger partial charge in [0.25, 0.3) is 0 Å². The maximum atomic E-state index is 5.57. The van der Waals surface area contributed by atoms with E-state index in [-0.39, 0.29) is 5.41 Å². The molecule has 1 heteroatoms. The molecule has 1 heterocycles. The standard InChI is InChI=1S/C12H16O/c1-9-4-5-11-10(6-9)7-13-8-12(11,2)3/h4-6H,7-8H2,1-3H3. The monoisotopic (exact) mass is 176 g/mol. The van der Waals surface area contributed by atoms with E-state index in [4.69, 9.17) is 4.74 Å². The summed E-state index contributed by atoms with van der Waals surface area (Å²) in [5.74, 6) is 0. The van der Waals surface area contributed by atoms with Gasteiger partial charge in [0.05, 0.1) is 13.2 Å². The highest BCUT2D eigenvalue weighted by Gasteiger charge is 2.27. The van der Waals surface area contributed by atoms with E-state index in [0.717, 1.165) is 13.2 Å². The van der Waals surface area contributed by atoms with Crippen molar-refractivity contribution >= 4 is 0 Å². The zero-order valence-corrected chi connectivity index (χ0v) is 8.55. The van der Waals surface area contributed by atoms with Gasteiger partial charge in [-0.15, -0.1) is 0 Å². The molecule has 0 amide bonds. The van der Waals surface area contributed by atoms with Gasteiger partial charge in [-0.05, 0) is 18.1 Å². The Kier molecular flexibility index (Phi) is 1.92. The van der Waals surface area contributed by atoms with Crippen LogP contribution in [0.2, 0.25) is 0 Å². The zero-order chi connectivity index (χ0) is 9.47. The third kappa shape index (κ3) is 1.49. The number of benzene rings is 1. The Bertz CT molecular complexity index is 326. The first-order valence-corrected chi connectivity index (χ1v) is 4.77. The number of ether oxygens (including phenoxy) is 1. The van der Waals surface area contributed by atoms with Crippen LogP contribution >= 0.6 is 0 Å². The van der Waals surface area contributed by atoms with E-state index in [1.165, 1.54) is 16.7 Å². The summed E-state index contributed by atoms with van der Waals surface area (Å²) in [6.45, 7) is 8.21. The Morgan fingerprint density at radius 1 is 1.31 bits per heavy atom. The molecule has 13 heavy (non-hydrogen) atoms. The van der Waals surface area contributed by atoms with Crippen LogP contribution in [-0.2, 0) is 16.8 Å². The molecule has 1 aliphatic heterocycles. The quantitative estimate of drug-likeness (QED) is 0.590. The molecular formula is C12H16O. The fourth-order valence-corrected chi connectivity index (χ4v) is 2.00. The molecule has 0 saturated carbocycles. The molecule has 0 atom stereocenters. The van der Waals surface area contributed by atoms with E-state index in [0.29, 0.717) is 0 Å². The number of rotatable bonds is 0. The van der Waals surface area contributed by atoms with E-state index < -0.39 is 0 Å². The van der Waals surface area contributed by atoms with Gasteiger partial charge < -0.3 is 4.74 Å². The highest BCUT2D eigenvalue weighted by atomic mass is 16.5. The van der Waals surface area contributed by atoms with Crippen LogP contribution in [0.1, 0.15) is 30.5 Å². The largest absolute Gasteiger partial charge is 0.376 e. The van der Waals surface area contributed by atoms with E-state index in [1.54, 1.807) is 0 Å². The van der Waals surface area contributed by atoms with Gasteiger partial charge in [0.15, 0.2) is 0 Å². The topological polar surface area (TPSA) is 9.23 Å².